The highest BCUT2D eigenvalue weighted by atomic mass is 16.2. The largest absolute Gasteiger partial charge is 0.343 e. The zero-order chi connectivity index (χ0) is 62.5. The van der Waals surface area contributed by atoms with E-state index in [9.17, 15) is 38.4 Å². The molecule has 22 nitrogen and oxygen atoms in total. The molecule has 0 unspecified atom stereocenters. The van der Waals surface area contributed by atoms with Gasteiger partial charge in [-0.15, -0.1) is 0 Å². The van der Waals surface area contributed by atoms with Crippen molar-refractivity contribution in [2.45, 2.75) is 206 Å². The van der Waals surface area contributed by atoms with Gasteiger partial charge in [0.05, 0.1) is 0 Å². The predicted molar refractivity (Wildman–Crippen MR) is 327 cm³/mol. The second-order valence-electron chi connectivity index (χ2n) is 25.3. The van der Waals surface area contributed by atoms with E-state index in [0.29, 0.717) is 51.9 Å². The Morgan fingerprint density at radius 1 is 0.372 bits per heavy atom. The SMILES string of the molecule is CC(C)C[C@@H]1NC(=O)[C@@H]2CCCNCCCCNCCC[C@H](NC(=O)[C@H](C(C)C)NC(=O)[C@@H]3CCCN3C(=O)[C@@H](Cc3ccccc3)NC1=O)C(=O)N[C@@H](CC(C)C)C(=O)N[C@H](Cc1ccccc1)C(=O)N1CCC[C@H]1C(=O)N[C@@H](C(C)C)C(=O)N2. The first-order valence-electron chi connectivity index (χ1n) is 31.6. The average molecular weight is 1200 g/mol. The molecule has 0 aliphatic carbocycles. The first-order valence-corrected chi connectivity index (χ1v) is 31.6. The number of hydrogen-bond acceptors (Lipinski definition) is 12. The van der Waals surface area contributed by atoms with E-state index in [1.54, 1.807) is 27.7 Å². The summed E-state index contributed by atoms with van der Waals surface area (Å²) in [5, 5.41) is 30.3. The van der Waals surface area contributed by atoms with Gasteiger partial charge in [0.15, 0.2) is 0 Å². The van der Waals surface area contributed by atoms with Crippen molar-refractivity contribution in [1.29, 1.82) is 0 Å². The van der Waals surface area contributed by atoms with Crippen molar-refractivity contribution in [2.24, 2.45) is 23.7 Å². The molecule has 0 radical (unpaired) electrons. The minimum Gasteiger partial charge on any atom is -0.343 e. The van der Waals surface area contributed by atoms with E-state index in [2.05, 4.69) is 53.2 Å². The van der Waals surface area contributed by atoms with Gasteiger partial charge in [-0.2, -0.15) is 0 Å². The van der Waals surface area contributed by atoms with Crippen molar-refractivity contribution >= 4 is 59.1 Å². The lowest BCUT2D eigenvalue weighted by Crippen LogP contribution is -2.62. The van der Waals surface area contributed by atoms with Crippen molar-refractivity contribution in [3.05, 3.63) is 71.8 Å². The molecular formula is C64H98N12O10. The second kappa shape index (κ2) is 33.8. The Morgan fingerprint density at radius 3 is 1.07 bits per heavy atom. The number of hydrogen-bond donors (Lipinski definition) is 10. The fraction of sp³-hybridized carbons (Fsp3) is 0.656. The van der Waals surface area contributed by atoms with Gasteiger partial charge >= 0.3 is 0 Å². The van der Waals surface area contributed by atoms with Crippen LogP contribution >= 0.6 is 0 Å². The van der Waals surface area contributed by atoms with E-state index in [0.717, 1.165) is 24.0 Å². The van der Waals surface area contributed by atoms with Crippen LogP contribution in [-0.4, -0.2) is 169 Å². The fourth-order valence-electron chi connectivity index (χ4n) is 11.8. The van der Waals surface area contributed by atoms with Crippen molar-refractivity contribution in [1.82, 2.24) is 63.0 Å². The number of benzene rings is 2. The molecule has 4 aliphatic rings. The third-order valence-corrected chi connectivity index (χ3v) is 16.6. The Kier molecular flexibility index (Phi) is 26.8. The molecule has 10 N–H and O–H groups in total. The van der Waals surface area contributed by atoms with Crippen LogP contribution in [0.1, 0.15) is 144 Å². The Morgan fingerprint density at radius 2 is 0.721 bits per heavy atom. The number of carbonyl (C=O) groups excluding carboxylic acids is 10. The lowest BCUT2D eigenvalue weighted by molar-refractivity contribution is -0.143. The van der Waals surface area contributed by atoms with Crippen LogP contribution < -0.4 is 53.2 Å². The molecule has 4 aliphatic heterocycles. The van der Waals surface area contributed by atoms with Crippen LogP contribution in [0.3, 0.4) is 0 Å². The molecule has 2 aromatic rings. The van der Waals surface area contributed by atoms with E-state index < -0.39 is 131 Å². The minimum atomic E-state index is -1.20. The number of rotatable bonds is 10. The van der Waals surface area contributed by atoms with Crippen LogP contribution in [0, 0.1) is 23.7 Å². The van der Waals surface area contributed by atoms with Crippen molar-refractivity contribution in [3.8, 4) is 0 Å². The molecule has 0 aromatic heterocycles. The molecule has 6 rings (SSSR count). The summed E-state index contributed by atoms with van der Waals surface area (Å²) >= 11 is 0. The minimum absolute atomic E-state index is 0.0450. The van der Waals surface area contributed by atoms with Gasteiger partial charge in [0.2, 0.25) is 59.1 Å². The molecule has 4 fully saturated rings. The number of nitrogens with one attached hydrogen (secondary N) is 10. The molecule has 4 heterocycles. The highest BCUT2D eigenvalue weighted by Gasteiger charge is 2.43. The Bertz CT molecular complexity index is 2430. The van der Waals surface area contributed by atoms with Gasteiger partial charge in [0.25, 0.3) is 0 Å². The summed E-state index contributed by atoms with van der Waals surface area (Å²) in [6.07, 6.45) is 4.64. The van der Waals surface area contributed by atoms with Crippen molar-refractivity contribution in [2.75, 3.05) is 39.3 Å². The van der Waals surface area contributed by atoms with Gasteiger partial charge in [0, 0.05) is 25.9 Å². The first kappa shape index (κ1) is 68.2. The van der Waals surface area contributed by atoms with Gasteiger partial charge in [-0.25, -0.2) is 0 Å². The van der Waals surface area contributed by atoms with Gasteiger partial charge in [-0.1, -0.05) is 116 Å². The lowest BCUT2D eigenvalue weighted by Gasteiger charge is -2.33. The zero-order valence-electron chi connectivity index (χ0n) is 52.0. The van der Waals surface area contributed by atoms with Crippen LogP contribution in [0.5, 0.6) is 0 Å². The monoisotopic (exact) mass is 1190 g/mol. The topological polar surface area (TPSA) is 297 Å². The van der Waals surface area contributed by atoms with E-state index >= 15 is 9.59 Å². The van der Waals surface area contributed by atoms with Gasteiger partial charge < -0.3 is 63.0 Å². The number of fused-ring (bicyclic) bond motifs is 15. The van der Waals surface area contributed by atoms with E-state index in [1.165, 1.54) is 9.80 Å². The van der Waals surface area contributed by atoms with Gasteiger partial charge in [-0.3, -0.25) is 47.9 Å². The molecule has 4 saturated heterocycles. The van der Waals surface area contributed by atoms with Crippen molar-refractivity contribution < 1.29 is 47.9 Å². The molecule has 0 spiro atoms. The molecule has 2 bridgehead atoms. The Hall–Kier alpha value is -6.94. The fourth-order valence-corrected chi connectivity index (χ4v) is 11.8. The van der Waals surface area contributed by atoms with Gasteiger partial charge in [-0.05, 0) is 138 Å². The predicted octanol–water partition coefficient (Wildman–Crippen LogP) is 2.28. The maximum atomic E-state index is 15.0. The van der Waals surface area contributed by atoms with Crippen LogP contribution in [0.15, 0.2) is 60.7 Å². The highest BCUT2D eigenvalue weighted by molar-refractivity contribution is 6.00. The molecule has 22 heteroatoms. The molecule has 2 aromatic carbocycles. The number of carbonyl (C=O) groups is 10. The zero-order valence-corrected chi connectivity index (χ0v) is 52.0. The summed E-state index contributed by atoms with van der Waals surface area (Å²) in [4.78, 5) is 151. The summed E-state index contributed by atoms with van der Waals surface area (Å²) < 4.78 is 0. The van der Waals surface area contributed by atoms with Crippen LogP contribution in [0.25, 0.3) is 0 Å². The van der Waals surface area contributed by atoms with Crippen LogP contribution in [0.4, 0.5) is 0 Å². The third-order valence-electron chi connectivity index (χ3n) is 16.6. The summed E-state index contributed by atoms with van der Waals surface area (Å²) in [5.74, 6) is -7.36. The van der Waals surface area contributed by atoms with Crippen LogP contribution in [0.2, 0.25) is 0 Å². The Balaban J connectivity index is 1.45. The van der Waals surface area contributed by atoms with Crippen LogP contribution in [-0.2, 0) is 60.8 Å². The summed E-state index contributed by atoms with van der Waals surface area (Å²) in [6.45, 7) is 17.3. The molecule has 10 amide bonds. The highest BCUT2D eigenvalue weighted by Crippen LogP contribution is 2.24. The summed E-state index contributed by atoms with van der Waals surface area (Å²) in [5.41, 5.74) is 1.45. The normalized spacial score (nSPS) is 27.8. The first-order chi connectivity index (χ1) is 41.1. The molecule has 474 valence electrons. The number of nitrogens with zero attached hydrogens (tertiary/aromatic N) is 2. The maximum Gasteiger partial charge on any atom is 0.246 e. The molecule has 86 heavy (non-hydrogen) atoms. The quantitative estimate of drug-likeness (QED) is 0.164. The molecule has 10 atom stereocenters. The Labute approximate surface area is 508 Å². The molecular weight excluding hydrogens is 1100 g/mol. The van der Waals surface area contributed by atoms with E-state index in [4.69, 9.17) is 0 Å². The maximum absolute atomic E-state index is 15.0. The second-order valence-corrected chi connectivity index (χ2v) is 25.3. The van der Waals surface area contributed by atoms with Crippen molar-refractivity contribution in [3.63, 3.8) is 0 Å². The third kappa shape index (κ3) is 20.3. The smallest absolute Gasteiger partial charge is 0.246 e. The average Bonchev–Trinajstić information content (AvgIpc) is 2.19. The standard InChI is InChI=1S/C64H98N12O10/c1-39(2)35-47-57(79)71-49(37-43-21-11-9-12-22-43)63(85)75-33-19-27-51(75)59(81)74-54(42(7)8)62(84)68-46-26-18-32-66-30-16-15-29-65-31-17-25-45(55(77)69-47)67-61(83)53(41(5)6)73-60(82)52-28-20-34-76(52)64(86)50(38-44-23-13-10-14-24-44)72-58(80)48(36-40(3)4)70-56(46)78/h9-14,21-24,39-42,45-54,65-66H,15-20,25-38H2,1-8H3,(H,67,83)(H,68,84)(H,69,77)(H,70,78)(H,71,79)(H,72,80)(H,73,82)(H,74,81)/t45-,46-,47-,48-,49+,50+,51-,52-,53-,54-/m0/s1. The number of amides is 10. The van der Waals surface area contributed by atoms with Gasteiger partial charge in [0.1, 0.15) is 60.4 Å². The van der Waals surface area contributed by atoms with E-state index in [-0.39, 0.29) is 76.3 Å². The lowest BCUT2D eigenvalue weighted by atomic mass is 9.98. The van der Waals surface area contributed by atoms with E-state index in [1.807, 2.05) is 88.4 Å². The molecule has 0 saturated carbocycles. The summed E-state index contributed by atoms with van der Waals surface area (Å²) in [7, 11) is 0. The summed E-state index contributed by atoms with van der Waals surface area (Å²) in [6, 6.07) is 6.71.